The van der Waals surface area contributed by atoms with Crippen molar-refractivity contribution in [1.82, 2.24) is 6.15 Å². The second kappa shape index (κ2) is 59.5. The third-order valence-corrected chi connectivity index (χ3v) is 0. The summed E-state index contributed by atoms with van der Waals surface area (Å²) in [5.74, 6) is 0. The molecule has 0 amide bonds. The van der Waals surface area contributed by atoms with E-state index in [0.29, 0.717) is 0 Å². The number of hydrogen-bond acceptors (Lipinski definition) is 1. The van der Waals surface area contributed by atoms with Crippen molar-refractivity contribution in [2.24, 2.45) is 0 Å². The van der Waals surface area contributed by atoms with Gasteiger partial charge in [-0.15, -0.1) is 0 Å². The Kier molecular flexibility index (Phi) is 1280. The maximum absolute atomic E-state index is 0. The Morgan fingerprint density at radius 2 is 1.00 bits per heavy atom. The predicted octanol–water partition coefficient (Wildman–Crippen LogP) is -0.769. The van der Waals surface area contributed by atoms with Gasteiger partial charge in [-0.25, -0.2) is 0 Å². The minimum absolute atomic E-state index is 0. The van der Waals surface area contributed by atoms with E-state index in [2.05, 4.69) is 0 Å². The van der Waals surface area contributed by atoms with Gasteiger partial charge in [0.1, 0.15) is 0 Å². The van der Waals surface area contributed by atoms with Crippen LogP contribution in [0.4, 0.5) is 0 Å². The maximum Gasteiger partial charge on any atom is 0.187 e. The minimum atomic E-state index is 0. The van der Waals surface area contributed by atoms with Gasteiger partial charge < -0.3 is 6.15 Å². The Bertz CT molecular complexity index is 11.6. The van der Waals surface area contributed by atoms with Gasteiger partial charge in [0.2, 0.25) is 0 Å². The van der Waals surface area contributed by atoms with Gasteiger partial charge in [-0.1, -0.05) is 7.43 Å². The summed E-state index contributed by atoms with van der Waals surface area (Å²) >= 11 is 0. The number of rotatable bonds is 0. The molecule has 0 fully saturated rings. The van der Waals surface area contributed by atoms with Crippen molar-refractivity contribution in [2.75, 3.05) is 0 Å². The fourth-order valence-corrected chi connectivity index (χ4v) is 0. The quantitative estimate of drug-likeness (QED) is 0.420. The fraction of sp³-hybridized carbons (Fsp3) is 1.00. The van der Waals surface area contributed by atoms with Crippen LogP contribution in [0.5, 0.6) is 0 Å². The van der Waals surface area contributed by atoms with E-state index < -0.39 is 0 Å². The Morgan fingerprint density at radius 1 is 1.00 bits per heavy atom. The van der Waals surface area contributed by atoms with Gasteiger partial charge in [-0.2, -0.15) is 0 Å². The first-order valence-electron chi connectivity index (χ1n) is 0. The zero-order valence-electron chi connectivity index (χ0n) is 1.78. The summed E-state index contributed by atoms with van der Waals surface area (Å²) in [5.41, 5.74) is 0. The van der Waals surface area contributed by atoms with Gasteiger partial charge in [0.15, 0.2) is 17.4 Å². The van der Waals surface area contributed by atoms with Crippen molar-refractivity contribution in [3.8, 4) is 0 Å². The van der Waals surface area contributed by atoms with Gasteiger partial charge in [-0.3, -0.25) is 0 Å². The Hall–Kier alpha value is 1.27. The first kappa shape index (κ1) is 108. The molecule has 0 saturated carbocycles. The molecule has 4 heteroatoms. The summed E-state index contributed by atoms with van der Waals surface area (Å²) in [6, 6.07) is 0. The minimum Gasteiger partial charge on any atom is -0.344 e. The molecule has 3 N–H and O–H groups in total. The second-order valence-electron chi connectivity index (χ2n) is 0. The van der Waals surface area contributed by atoms with E-state index in [1.807, 2.05) is 0 Å². The fourth-order valence-electron chi connectivity index (χ4n) is 0. The van der Waals surface area contributed by atoms with E-state index in [1.54, 1.807) is 0 Å². The molecule has 0 saturated heterocycles. The third-order valence-electron chi connectivity index (χ3n) is 0. The average molecular weight is 122 g/mol. The molecule has 0 aliphatic carbocycles. The summed E-state index contributed by atoms with van der Waals surface area (Å²) in [4.78, 5) is 0. The van der Waals surface area contributed by atoms with Gasteiger partial charge in [-0.05, 0) is 0 Å². The van der Waals surface area contributed by atoms with Crippen LogP contribution < -0.4 is 6.15 Å². The van der Waals surface area contributed by atoms with E-state index in [1.165, 1.54) is 0 Å². The van der Waals surface area contributed by atoms with Crippen LogP contribution in [0.1, 0.15) is 7.43 Å². The Balaban J connectivity index is 0. The van der Waals surface area contributed by atoms with Crippen molar-refractivity contribution in [3.63, 3.8) is 0 Å². The van der Waals surface area contributed by atoms with Crippen LogP contribution in [0.2, 0.25) is 0 Å². The normalized spacial score (nSPS) is 0. The van der Waals surface area contributed by atoms with Crippen molar-refractivity contribution in [3.05, 3.63) is 0 Å². The summed E-state index contributed by atoms with van der Waals surface area (Å²) in [6.45, 7) is 0. The Labute approximate surface area is 61.1 Å². The molecule has 0 aromatic rings. The topological polar surface area (TPSA) is 35.0 Å². The Morgan fingerprint density at radius 3 is 1.00 bits per heavy atom. The van der Waals surface area contributed by atoms with Crippen LogP contribution in [0.25, 0.3) is 0 Å². The van der Waals surface area contributed by atoms with Gasteiger partial charge >= 0.3 is 0 Å². The molecule has 0 aromatic carbocycles. The first-order valence-corrected chi connectivity index (χ1v) is 0. The smallest absolute Gasteiger partial charge is 0.187 e. The van der Waals surface area contributed by atoms with Crippen LogP contribution in [-0.4, -0.2) is 25.8 Å². The van der Waals surface area contributed by atoms with Crippen molar-refractivity contribution in [2.45, 2.75) is 7.43 Å². The standard InChI is InChI=1S/CH4.Al.B.H3N.Ti.3H/h1H4;;;1H3;;;;. The molecule has 0 spiro atoms. The molecule has 29 valence electrons. The largest absolute Gasteiger partial charge is 0.344 e. The van der Waals surface area contributed by atoms with Gasteiger partial charge in [0, 0.05) is 30.1 Å². The van der Waals surface area contributed by atoms with Crippen LogP contribution in [0, 0.1) is 0 Å². The van der Waals surface area contributed by atoms with Crippen LogP contribution in [0.3, 0.4) is 0 Å². The molecule has 1 nitrogen and oxygen atoms in total. The van der Waals surface area contributed by atoms with E-state index in [0.717, 1.165) is 0 Å². The van der Waals surface area contributed by atoms with E-state index >= 15 is 0 Å². The molecular formula is CH10AlBNTi. The van der Waals surface area contributed by atoms with Gasteiger partial charge in [0.25, 0.3) is 0 Å². The molecule has 0 unspecified atom stereocenters. The molecule has 0 aromatic heterocycles. The van der Waals surface area contributed by atoms with Crippen molar-refractivity contribution in [1.29, 1.82) is 0 Å². The monoisotopic (exact) mass is 122 g/mol. The zero-order valence-corrected chi connectivity index (χ0v) is 3.35. The molecule has 3 radical (unpaired) electrons. The molecular weight excluding hydrogens is 112 g/mol. The van der Waals surface area contributed by atoms with Gasteiger partial charge in [0.05, 0.1) is 0 Å². The average Bonchev–Trinajstić information content (AvgIpc) is 0. The SMILES string of the molecule is C.N.[AlH3].[B].[Ti]. The summed E-state index contributed by atoms with van der Waals surface area (Å²) < 4.78 is 0. The van der Waals surface area contributed by atoms with E-state index in [-0.39, 0.29) is 61.1 Å². The summed E-state index contributed by atoms with van der Waals surface area (Å²) in [6.07, 6.45) is 0. The molecule has 0 bridgehead atoms. The van der Waals surface area contributed by atoms with Crippen LogP contribution in [0.15, 0.2) is 0 Å². The number of hydrogen-bond donors (Lipinski definition) is 1. The molecule has 0 rings (SSSR count). The maximum atomic E-state index is 0. The molecule has 5 heavy (non-hydrogen) atoms. The molecule has 0 aliphatic heterocycles. The van der Waals surface area contributed by atoms with Crippen LogP contribution >= 0.6 is 0 Å². The zero-order chi connectivity index (χ0) is 0. The second-order valence-corrected chi connectivity index (χ2v) is 0. The van der Waals surface area contributed by atoms with E-state index in [4.69, 9.17) is 0 Å². The van der Waals surface area contributed by atoms with Crippen molar-refractivity contribution >= 4 is 25.8 Å². The molecule has 0 aliphatic rings. The van der Waals surface area contributed by atoms with Crippen LogP contribution in [-0.2, 0) is 21.7 Å². The molecule has 0 atom stereocenters. The van der Waals surface area contributed by atoms with Crippen molar-refractivity contribution < 1.29 is 21.7 Å². The third kappa shape index (κ3) is 34.9. The molecule has 0 heterocycles. The predicted molar refractivity (Wildman–Crippen MR) is 27.4 cm³/mol. The first-order chi connectivity index (χ1) is 0. The van der Waals surface area contributed by atoms with E-state index in [9.17, 15) is 0 Å². The summed E-state index contributed by atoms with van der Waals surface area (Å²) in [5, 5.41) is 0. The summed E-state index contributed by atoms with van der Waals surface area (Å²) in [7, 11) is 0.